The van der Waals surface area contributed by atoms with Crippen LogP contribution in [0.1, 0.15) is 5.56 Å². The van der Waals surface area contributed by atoms with Crippen LogP contribution >= 0.6 is 27.3 Å². The second-order valence-electron chi connectivity index (χ2n) is 4.26. The average Bonchev–Trinajstić information content (AvgIpc) is 2.96. The molecule has 0 aliphatic heterocycles. The van der Waals surface area contributed by atoms with Crippen molar-refractivity contribution in [2.24, 2.45) is 0 Å². The van der Waals surface area contributed by atoms with E-state index < -0.39 is 0 Å². The molecule has 0 aliphatic rings. The molecule has 1 aromatic carbocycles. The highest BCUT2D eigenvalue weighted by molar-refractivity contribution is 9.10. The van der Waals surface area contributed by atoms with Crippen LogP contribution in [0.4, 0.5) is 5.69 Å². The lowest BCUT2D eigenvalue weighted by atomic mass is 10.2. The maximum Gasteiger partial charge on any atom is 0.126 e. The Bertz CT molecular complexity index is 730. The van der Waals surface area contributed by atoms with E-state index in [2.05, 4.69) is 39.4 Å². The van der Waals surface area contributed by atoms with Crippen LogP contribution < -0.4 is 5.73 Å². The highest BCUT2D eigenvalue weighted by Gasteiger charge is 2.13. The van der Waals surface area contributed by atoms with Crippen LogP contribution in [0.3, 0.4) is 0 Å². The quantitative estimate of drug-likeness (QED) is 0.761. The van der Waals surface area contributed by atoms with Crippen LogP contribution in [-0.4, -0.2) is 9.78 Å². The number of hydrogen-bond donors (Lipinski definition) is 1. The number of rotatable bonds is 2. The molecule has 0 radical (unpaired) electrons. The summed E-state index contributed by atoms with van der Waals surface area (Å²) in [6, 6.07) is 10.0. The molecule has 0 unspecified atom stereocenters. The summed E-state index contributed by atoms with van der Waals surface area (Å²) in [5.41, 5.74) is 9.83. The van der Waals surface area contributed by atoms with Crippen LogP contribution in [0.2, 0.25) is 0 Å². The number of anilines is 1. The molecule has 96 valence electrons. The van der Waals surface area contributed by atoms with Gasteiger partial charge in [-0.15, -0.1) is 11.3 Å². The van der Waals surface area contributed by atoms with E-state index in [1.54, 1.807) is 11.3 Å². The van der Waals surface area contributed by atoms with Gasteiger partial charge < -0.3 is 5.73 Å². The Balaban J connectivity index is 2.13. The minimum atomic E-state index is 0.696. The number of hydrogen-bond acceptors (Lipinski definition) is 3. The van der Waals surface area contributed by atoms with Crippen LogP contribution in [0.15, 0.2) is 46.4 Å². The predicted octanol–water partition coefficient (Wildman–Crippen LogP) is 4.25. The summed E-state index contributed by atoms with van der Waals surface area (Å²) in [5.74, 6) is 0. The molecule has 0 spiro atoms. The summed E-state index contributed by atoms with van der Waals surface area (Å²) in [6.07, 6.45) is 1.86. The molecule has 5 heteroatoms. The monoisotopic (exact) mass is 333 g/mol. The molecule has 2 heterocycles. The Morgan fingerprint density at radius 1 is 1.26 bits per heavy atom. The van der Waals surface area contributed by atoms with Crippen molar-refractivity contribution in [2.45, 2.75) is 6.92 Å². The summed E-state index contributed by atoms with van der Waals surface area (Å²) >= 11 is 5.19. The smallest absolute Gasteiger partial charge is 0.126 e. The molecule has 0 saturated carbocycles. The first-order chi connectivity index (χ1) is 9.16. The van der Waals surface area contributed by atoms with Gasteiger partial charge in [-0.05, 0) is 52.0 Å². The summed E-state index contributed by atoms with van der Waals surface area (Å²) in [4.78, 5) is 1.13. The second-order valence-corrected chi connectivity index (χ2v) is 6.03. The third-order valence-electron chi connectivity index (χ3n) is 2.92. The van der Waals surface area contributed by atoms with E-state index in [9.17, 15) is 0 Å². The van der Waals surface area contributed by atoms with E-state index in [4.69, 9.17) is 5.73 Å². The number of halogens is 1. The Morgan fingerprint density at radius 3 is 2.74 bits per heavy atom. The van der Waals surface area contributed by atoms with E-state index in [0.29, 0.717) is 5.69 Å². The first kappa shape index (κ1) is 12.4. The zero-order chi connectivity index (χ0) is 13.4. The molecule has 2 aromatic heterocycles. The van der Waals surface area contributed by atoms with Crippen LogP contribution in [0.25, 0.3) is 16.3 Å². The van der Waals surface area contributed by atoms with Gasteiger partial charge in [0.05, 0.1) is 22.4 Å². The van der Waals surface area contributed by atoms with E-state index in [1.165, 1.54) is 5.56 Å². The van der Waals surface area contributed by atoms with E-state index >= 15 is 0 Å². The fraction of sp³-hybridized carbons (Fsp3) is 0.0714. The zero-order valence-corrected chi connectivity index (χ0v) is 12.7. The number of nitrogens with zero attached hydrogens (tertiary/aromatic N) is 2. The maximum atomic E-state index is 6.10. The molecule has 0 bridgehead atoms. The SMILES string of the molecule is Cc1ccsc1-c1nn(-c2ccccc2Br)cc1N. The standard InChI is InChI=1S/C14H12BrN3S/c1-9-6-7-19-14(9)13-11(16)8-18(17-13)12-5-3-2-4-10(12)15/h2-8H,16H2,1H3. The maximum absolute atomic E-state index is 6.10. The topological polar surface area (TPSA) is 43.8 Å². The minimum Gasteiger partial charge on any atom is -0.396 e. The van der Waals surface area contributed by atoms with Crippen molar-refractivity contribution < 1.29 is 0 Å². The van der Waals surface area contributed by atoms with Gasteiger partial charge in [0.15, 0.2) is 0 Å². The lowest BCUT2D eigenvalue weighted by Crippen LogP contribution is -1.95. The van der Waals surface area contributed by atoms with Gasteiger partial charge in [0.2, 0.25) is 0 Å². The van der Waals surface area contributed by atoms with Crippen molar-refractivity contribution in [2.75, 3.05) is 5.73 Å². The van der Waals surface area contributed by atoms with E-state index in [-0.39, 0.29) is 0 Å². The van der Waals surface area contributed by atoms with Crippen LogP contribution in [0, 0.1) is 6.92 Å². The molecular formula is C14H12BrN3S. The Labute approximate surface area is 123 Å². The van der Waals surface area contributed by atoms with Crippen LogP contribution in [-0.2, 0) is 0 Å². The molecule has 0 aliphatic carbocycles. The van der Waals surface area contributed by atoms with Gasteiger partial charge in [0.25, 0.3) is 0 Å². The number of thiophene rings is 1. The van der Waals surface area contributed by atoms with Crippen LogP contribution in [0.5, 0.6) is 0 Å². The number of nitrogens with two attached hydrogens (primary N) is 1. The number of aromatic nitrogens is 2. The van der Waals surface area contributed by atoms with Gasteiger partial charge in [-0.3, -0.25) is 0 Å². The molecule has 3 aromatic rings. The number of aryl methyl sites for hydroxylation is 1. The first-order valence-electron chi connectivity index (χ1n) is 5.81. The first-order valence-corrected chi connectivity index (χ1v) is 7.48. The molecule has 19 heavy (non-hydrogen) atoms. The fourth-order valence-corrected chi connectivity index (χ4v) is 3.34. The summed E-state index contributed by atoms with van der Waals surface area (Å²) < 4.78 is 2.81. The molecule has 3 rings (SSSR count). The highest BCUT2D eigenvalue weighted by atomic mass is 79.9. The molecule has 0 atom stereocenters. The molecule has 3 nitrogen and oxygen atoms in total. The third-order valence-corrected chi connectivity index (χ3v) is 4.61. The highest BCUT2D eigenvalue weighted by Crippen LogP contribution is 2.33. The van der Waals surface area contributed by atoms with Crippen molar-refractivity contribution in [3.63, 3.8) is 0 Å². The Hall–Kier alpha value is -1.59. The predicted molar refractivity (Wildman–Crippen MR) is 83.7 cm³/mol. The Morgan fingerprint density at radius 2 is 2.05 bits per heavy atom. The van der Waals surface area contributed by atoms with Crippen molar-refractivity contribution in [3.05, 3.63) is 51.9 Å². The molecular weight excluding hydrogens is 322 g/mol. The summed E-state index contributed by atoms with van der Waals surface area (Å²) in [5, 5.41) is 6.67. The lowest BCUT2D eigenvalue weighted by Gasteiger charge is -2.03. The zero-order valence-electron chi connectivity index (χ0n) is 10.3. The number of benzene rings is 1. The third kappa shape index (κ3) is 2.19. The molecule has 2 N–H and O–H groups in total. The van der Waals surface area contributed by atoms with Gasteiger partial charge in [0, 0.05) is 4.47 Å². The van der Waals surface area contributed by atoms with Crippen molar-refractivity contribution in [1.82, 2.24) is 9.78 Å². The summed E-state index contributed by atoms with van der Waals surface area (Å²) in [7, 11) is 0. The second kappa shape index (κ2) is 4.83. The Kier molecular flexibility index (Phi) is 3.16. The van der Waals surface area contributed by atoms with Gasteiger partial charge in [0.1, 0.15) is 5.69 Å². The number of para-hydroxylation sites is 1. The van der Waals surface area contributed by atoms with Gasteiger partial charge >= 0.3 is 0 Å². The lowest BCUT2D eigenvalue weighted by molar-refractivity contribution is 0.880. The van der Waals surface area contributed by atoms with Gasteiger partial charge in [-0.1, -0.05) is 12.1 Å². The molecule has 0 saturated heterocycles. The van der Waals surface area contributed by atoms with Crippen molar-refractivity contribution in [1.29, 1.82) is 0 Å². The van der Waals surface area contributed by atoms with Gasteiger partial charge in [-0.2, -0.15) is 5.10 Å². The number of nitrogen functional groups attached to an aromatic ring is 1. The van der Waals surface area contributed by atoms with Crippen molar-refractivity contribution >= 4 is 33.0 Å². The average molecular weight is 334 g/mol. The normalized spacial score (nSPS) is 10.8. The fourth-order valence-electron chi connectivity index (χ4n) is 1.94. The van der Waals surface area contributed by atoms with Crippen molar-refractivity contribution in [3.8, 4) is 16.3 Å². The summed E-state index contributed by atoms with van der Waals surface area (Å²) in [6.45, 7) is 2.07. The molecule has 0 fully saturated rings. The van der Waals surface area contributed by atoms with Gasteiger partial charge in [-0.25, -0.2) is 4.68 Å². The molecule has 0 amide bonds. The minimum absolute atomic E-state index is 0.696. The largest absolute Gasteiger partial charge is 0.396 e. The van der Waals surface area contributed by atoms with E-state index in [0.717, 1.165) is 20.7 Å². The van der Waals surface area contributed by atoms with E-state index in [1.807, 2.05) is 35.1 Å².